The third kappa shape index (κ3) is 2.91. The molecule has 4 heteroatoms. The zero-order valence-corrected chi connectivity index (χ0v) is 10.9. The van der Waals surface area contributed by atoms with Crippen LogP contribution in [-0.2, 0) is 18.2 Å². The van der Waals surface area contributed by atoms with E-state index in [1.165, 1.54) is 7.11 Å². The molecule has 1 heterocycles. The third-order valence-electron chi connectivity index (χ3n) is 2.97. The predicted octanol–water partition coefficient (Wildman–Crippen LogP) is 1.76. The summed E-state index contributed by atoms with van der Waals surface area (Å²) in [6, 6.07) is 10.7. The first-order chi connectivity index (χ1) is 9.11. The summed E-state index contributed by atoms with van der Waals surface area (Å²) in [6.07, 6.45) is 2.28. The first-order valence-corrected chi connectivity index (χ1v) is 5.93. The minimum Gasteiger partial charge on any atom is -0.465 e. The van der Waals surface area contributed by atoms with Gasteiger partial charge < -0.3 is 9.30 Å². The van der Waals surface area contributed by atoms with E-state index >= 15 is 0 Å². The number of hydrogen-bond acceptors (Lipinski definition) is 3. The summed E-state index contributed by atoms with van der Waals surface area (Å²) in [5.41, 5.74) is 2.22. The van der Waals surface area contributed by atoms with Crippen LogP contribution in [0.15, 0.2) is 47.4 Å². The maximum atomic E-state index is 11.9. The number of hydrogen-bond donors (Lipinski definition) is 0. The van der Waals surface area contributed by atoms with Crippen molar-refractivity contribution in [3.63, 3.8) is 0 Å². The lowest BCUT2D eigenvalue weighted by Gasteiger charge is -2.04. The number of methoxy groups -OCH3 is 1. The van der Waals surface area contributed by atoms with Crippen LogP contribution in [0.25, 0.3) is 0 Å². The Morgan fingerprint density at radius 3 is 2.53 bits per heavy atom. The van der Waals surface area contributed by atoms with E-state index in [1.54, 1.807) is 29.9 Å². The summed E-state index contributed by atoms with van der Waals surface area (Å²) in [7, 11) is 3.08. The number of nitrogens with zero attached hydrogens (tertiary/aromatic N) is 1. The fourth-order valence-electron chi connectivity index (χ4n) is 1.88. The van der Waals surface area contributed by atoms with Gasteiger partial charge in [-0.1, -0.05) is 18.2 Å². The highest BCUT2D eigenvalue weighted by Crippen LogP contribution is 2.09. The Bertz CT molecular complexity index is 641. The van der Waals surface area contributed by atoms with Gasteiger partial charge in [-0.15, -0.1) is 0 Å². The van der Waals surface area contributed by atoms with Crippen LogP contribution in [0.3, 0.4) is 0 Å². The van der Waals surface area contributed by atoms with Crippen molar-refractivity contribution in [1.29, 1.82) is 0 Å². The van der Waals surface area contributed by atoms with E-state index in [0.717, 1.165) is 11.1 Å². The van der Waals surface area contributed by atoms with Gasteiger partial charge in [-0.3, -0.25) is 4.79 Å². The lowest BCUT2D eigenvalue weighted by atomic mass is 10.0. The zero-order valence-electron chi connectivity index (χ0n) is 10.9. The summed E-state index contributed by atoms with van der Waals surface area (Å²) >= 11 is 0. The first kappa shape index (κ1) is 13.1. The number of carbonyl (C=O) groups is 1. The van der Waals surface area contributed by atoms with Gasteiger partial charge in [0.1, 0.15) is 0 Å². The van der Waals surface area contributed by atoms with E-state index in [0.29, 0.717) is 12.0 Å². The molecule has 0 aliphatic rings. The van der Waals surface area contributed by atoms with Crippen LogP contribution in [0.4, 0.5) is 0 Å². The van der Waals surface area contributed by atoms with Crippen molar-refractivity contribution in [3.05, 3.63) is 69.6 Å². The van der Waals surface area contributed by atoms with Crippen LogP contribution in [0, 0.1) is 0 Å². The standard InChI is InChI=1S/C15H15NO3/c1-16-9-3-4-13(14(16)17)10-11-5-7-12(8-6-11)15(18)19-2/h3-9H,10H2,1-2H3. The Morgan fingerprint density at radius 2 is 1.89 bits per heavy atom. The molecule has 0 amide bonds. The van der Waals surface area contributed by atoms with Crippen LogP contribution < -0.4 is 5.56 Å². The quantitative estimate of drug-likeness (QED) is 0.787. The van der Waals surface area contributed by atoms with Crippen molar-refractivity contribution in [1.82, 2.24) is 4.57 Å². The normalized spacial score (nSPS) is 10.2. The fourth-order valence-corrected chi connectivity index (χ4v) is 1.88. The molecule has 98 valence electrons. The van der Waals surface area contributed by atoms with E-state index in [9.17, 15) is 9.59 Å². The van der Waals surface area contributed by atoms with Gasteiger partial charge in [0.25, 0.3) is 5.56 Å². The SMILES string of the molecule is COC(=O)c1ccc(Cc2cccn(C)c2=O)cc1. The minimum absolute atomic E-state index is 0.000422. The maximum Gasteiger partial charge on any atom is 0.337 e. The van der Waals surface area contributed by atoms with Gasteiger partial charge in [-0.25, -0.2) is 4.79 Å². The molecule has 0 aliphatic carbocycles. The molecule has 0 bridgehead atoms. The molecule has 0 spiro atoms. The summed E-state index contributed by atoms with van der Waals surface area (Å²) in [5, 5.41) is 0. The second-order valence-electron chi connectivity index (χ2n) is 4.31. The highest BCUT2D eigenvalue weighted by atomic mass is 16.5. The molecule has 0 saturated carbocycles. The number of carbonyl (C=O) groups excluding carboxylic acids is 1. The molecule has 0 N–H and O–H groups in total. The van der Waals surface area contributed by atoms with Crippen LogP contribution in [0.2, 0.25) is 0 Å². The van der Waals surface area contributed by atoms with Gasteiger partial charge >= 0.3 is 5.97 Å². The predicted molar refractivity (Wildman–Crippen MR) is 72.3 cm³/mol. The maximum absolute atomic E-state index is 11.9. The average Bonchev–Trinajstić information content (AvgIpc) is 2.44. The molecule has 1 aromatic carbocycles. The Hall–Kier alpha value is -2.36. The van der Waals surface area contributed by atoms with E-state index in [1.807, 2.05) is 24.3 Å². The highest BCUT2D eigenvalue weighted by molar-refractivity contribution is 5.89. The van der Waals surface area contributed by atoms with Gasteiger partial charge in [0.2, 0.25) is 0 Å². The summed E-state index contributed by atoms with van der Waals surface area (Å²) in [6.45, 7) is 0. The topological polar surface area (TPSA) is 48.3 Å². The van der Waals surface area contributed by atoms with E-state index in [-0.39, 0.29) is 11.5 Å². The first-order valence-electron chi connectivity index (χ1n) is 5.93. The van der Waals surface area contributed by atoms with Crippen molar-refractivity contribution >= 4 is 5.97 Å². The van der Waals surface area contributed by atoms with Crippen LogP contribution in [-0.4, -0.2) is 17.6 Å². The van der Waals surface area contributed by atoms with Gasteiger partial charge in [0.15, 0.2) is 0 Å². The van der Waals surface area contributed by atoms with Crippen molar-refractivity contribution in [2.75, 3.05) is 7.11 Å². The molecule has 0 radical (unpaired) electrons. The number of aryl methyl sites for hydroxylation is 1. The lowest BCUT2D eigenvalue weighted by Crippen LogP contribution is -2.20. The molecule has 19 heavy (non-hydrogen) atoms. The number of esters is 1. The van der Waals surface area contributed by atoms with Crippen LogP contribution in [0.1, 0.15) is 21.5 Å². The molecule has 0 unspecified atom stereocenters. The molecule has 4 nitrogen and oxygen atoms in total. The smallest absolute Gasteiger partial charge is 0.337 e. The molecule has 2 aromatic rings. The molecular formula is C15H15NO3. The van der Waals surface area contributed by atoms with Crippen molar-refractivity contribution in [2.45, 2.75) is 6.42 Å². The Balaban J connectivity index is 2.22. The number of rotatable bonds is 3. The molecule has 2 rings (SSSR count). The second kappa shape index (κ2) is 5.52. The second-order valence-corrected chi connectivity index (χ2v) is 4.31. The Kier molecular flexibility index (Phi) is 3.80. The zero-order chi connectivity index (χ0) is 13.8. The average molecular weight is 257 g/mol. The summed E-state index contributed by atoms with van der Waals surface area (Å²) in [5.74, 6) is -0.359. The van der Waals surface area contributed by atoms with E-state index in [2.05, 4.69) is 4.74 Å². The number of pyridine rings is 1. The number of benzene rings is 1. The lowest BCUT2D eigenvalue weighted by molar-refractivity contribution is 0.0600. The monoisotopic (exact) mass is 257 g/mol. The summed E-state index contributed by atoms with van der Waals surface area (Å²) in [4.78, 5) is 23.2. The van der Waals surface area contributed by atoms with Crippen molar-refractivity contribution in [3.8, 4) is 0 Å². The fraction of sp³-hybridized carbons (Fsp3) is 0.200. The highest BCUT2D eigenvalue weighted by Gasteiger charge is 2.06. The Labute approximate surface area is 111 Å². The molecule has 1 aromatic heterocycles. The molecular weight excluding hydrogens is 242 g/mol. The van der Waals surface area contributed by atoms with Gasteiger partial charge in [-0.2, -0.15) is 0 Å². The van der Waals surface area contributed by atoms with Gasteiger partial charge in [-0.05, 0) is 23.8 Å². The van der Waals surface area contributed by atoms with Crippen LogP contribution in [0.5, 0.6) is 0 Å². The molecule has 0 fully saturated rings. The van der Waals surface area contributed by atoms with Gasteiger partial charge in [0.05, 0.1) is 12.7 Å². The third-order valence-corrected chi connectivity index (χ3v) is 2.97. The number of aromatic nitrogens is 1. The van der Waals surface area contributed by atoms with Gasteiger partial charge in [0, 0.05) is 25.2 Å². The van der Waals surface area contributed by atoms with E-state index < -0.39 is 0 Å². The summed E-state index contributed by atoms with van der Waals surface area (Å²) < 4.78 is 6.19. The van der Waals surface area contributed by atoms with Crippen molar-refractivity contribution in [2.24, 2.45) is 7.05 Å². The molecule has 0 saturated heterocycles. The number of ether oxygens (including phenoxy) is 1. The van der Waals surface area contributed by atoms with E-state index in [4.69, 9.17) is 0 Å². The minimum atomic E-state index is -0.359. The Morgan fingerprint density at radius 1 is 1.21 bits per heavy atom. The molecule has 0 atom stereocenters. The van der Waals surface area contributed by atoms with Crippen molar-refractivity contribution < 1.29 is 9.53 Å². The molecule has 0 aliphatic heterocycles. The largest absolute Gasteiger partial charge is 0.465 e. The van der Waals surface area contributed by atoms with Crippen LogP contribution >= 0.6 is 0 Å².